The van der Waals surface area contributed by atoms with E-state index in [1.54, 1.807) is 6.07 Å². The maximum atomic E-state index is 14.4. The van der Waals surface area contributed by atoms with Crippen LogP contribution in [0.4, 0.5) is 10.3 Å². The second-order valence-electron chi connectivity index (χ2n) is 8.79. The minimum Gasteiger partial charge on any atom is -0.493 e. The van der Waals surface area contributed by atoms with Crippen molar-refractivity contribution in [2.45, 2.75) is 51.5 Å². The average Bonchev–Trinajstić information content (AvgIpc) is 3.26. The van der Waals surface area contributed by atoms with Gasteiger partial charge in [-0.25, -0.2) is 19.2 Å². The number of halogens is 1. The third kappa shape index (κ3) is 6.01. The second kappa shape index (κ2) is 11.3. The molecule has 3 heterocycles. The lowest BCUT2D eigenvalue weighted by Gasteiger charge is -2.32. The normalized spacial score (nSPS) is 18.6. The molecule has 2 saturated heterocycles. The number of nitrogens with one attached hydrogen (secondary N) is 1. The van der Waals surface area contributed by atoms with Gasteiger partial charge in [0.1, 0.15) is 17.6 Å². The number of carbonyl (C=O) groups is 2. The van der Waals surface area contributed by atoms with Gasteiger partial charge in [0.2, 0.25) is 5.95 Å². The van der Waals surface area contributed by atoms with Gasteiger partial charge in [0.15, 0.2) is 0 Å². The lowest BCUT2D eigenvalue weighted by atomic mass is 9.92. The van der Waals surface area contributed by atoms with Crippen molar-refractivity contribution in [2.75, 3.05) is 31.2 Å². The molecule has 2 aliphatic heterocycles. The first-order valence-electron chi connectivity index (χ1n) is 12.0. The fraction of sp³-hybridized carbons (Fsp3) is 0.520. The molecule has 0 saturated carbocycles. The van der Waals surface area contributed by atoms with Crippen molar-refractivity contribution in [3.63, 3.8) is 0 Å². The van der Waals surface area contributed by atoms with E-state index in [-0.39, 0.29) is 12.2 Å². The summed E-state index contributed by atoms with van der Waals surface area (Å²) >= 11 is 0. The molecule has 1 N–H and O–H groups in total. The van der Waals surface area contributed by atoms with Gasteiger partial charge in [0, 0.05) is 38.0 Å². The van der Waals surface area contributed by atoms with Crippen LogP contribution in [-0.4, -0.2) is 54.2 Å². The molecule has 1 aromatic heterocycles. The molecule has 9 heteroatoms. The van der Waals surface area contributed by atoms with Crippen molar-refractivity contribution in [1.82, 2.24) is 15.3 Å². The smallest absolute Gasteiger partial charge is 0.328 e. The molecule has 8 nitrogen and oxygen atoms in total. The second-order valence-corrected chi connectivity index (χ2v) is 8.79. The van der Waals surface area contributed by atoms with Crippen molar-refractivity contribution < 1.29 is 23.5 Å². The lowest BCUT2D eigenvalue weighted by molar-refractivity contribution is -0.139. The molecule has 1 atom stereocenters. The zero-order valence-corrected chi connectivity index (χ0v) is 19.5. The quantitative estimate of drug-likeness (QED) is 0.444. The number of aromatic nitrogens is 2. The molecule has 0 bridgehead atoms. The molecule has 1 aromatic carbocycles. The number of carbonyl (C=O) groups excluding carboxylic acids is 2. The van der Waals surface area contributed by atoms with E-state index in [2.05, 4.69) is 27.1 Å². The summed E-state index contributed by atoms with van der Waals surface area (Å²) in [5.74, 6) is 0.0187. The largest absolute Gasteiger partial charge is 0.493 e. The highest BCUT2D eigenvalue weighted by molar-refractivity contribution is 5.97. The van der Waals surface area contributed by atoms with Crippen LogP contribution >= 0.6 is 0 Å². The van der Waals surface area contributed by atoms with Crippen molar-refractivity contribution in [2.24, 2.45) is 5.92 Å². The molecule has 1 amide bonds. The van der Waals surface area contributed by atoms with Gasteiger partial charge in [0.25, 0.3) is 5.91 Å². The maximum absolute atomic E-state index is 14.4. The minimum absolute atomic E-state index is 0.118. The number of rotatable bonds is 9. The number of cyclic esters (lactones) is 1. The molecule has 0 radical (unpaired) electrons. The van der Waals surface area contributed by atoms with Crippen molar-refractivity contribution in [3.05, 3.63) is 47.5 Å². The van der Waals surface area contributed by atoms with E-state index < -0.39 is 23.7 Å². The number of benzene rings is 1. The number of piperidine rings is 1. The number of hydrogen-bond acceptors (Lipinski definition) is 7. The van der Waals surface area contributed by atoms with Crippen LogP contribution in [0.5, 0.6) is 5.75 Å². The molecule has 4 rings (SSSR count). The molecule has 2 aromatic rings. The van der Waals surface area contributed by atoms with Gasteiger partial charge in [0.05, 0.1) is 18.8 Å². The van der Waals surface area contributed by atoms with Gasteiger partial charge in [-0.05, 0) is 55.7 Å². The number of aryl methyl sites for hydroxylation is 1. The van der Waals surface area contributed by atoms with Crippen LogP contribution < -0.4 is 15.0 Å². The summed E-state index contributed by atoms with van der Waals surface area (Å²) in [5, 5.41) is 2.51. The Balaban J connectivity index is 1.17. The Kier molecular flexibility index (Phi) is 7.92. The van der Waals surface area contributed by atoms with Gasteiger partial charge < -0.3 is 19.7 Å². The average molecular weight is 471 g/mol. The zero-order valence-electron chi connectivity index (χ0n) is 19.5. The predicted molar refractivity (Wildman–Crippen MR) is 124 cm³/mol. The number of anilines is 1. The summed E-state index contributed by atoms with van der Waals surface area (Å²) < 4.78 is 24.9. The van der Waals surface area contributed by atoms with Crippen LogP contribution in [0.3, 0.4) is 0 Å². The van der Waals surface area contributed by atoms with Crippen LogP contribution in [0.15, 0.2) is 30.6 Å². The van der Waals surface area contributed by atoms with E-state index in [0.717, 1.165) is 56.7 Å². The molecule has 0 spiro atoms. The first-order valence-corrected chi connectivity index (χ1v) is 12.0. The summed E-state index contributed by atoms with van der Waals surface area (Å²) in [5.41, 5.74) is 1.03. The van der Waals surface area contributed by atoms with Crippen LogP contribution in [0.25, 0.3) is 0 Å². The highest BCUT2D eigenvalue weighted by Gasteiger charge is 2.29. The van der Waals surface area contributed by atoms with Crippen LogP contribution in [0.1, 0.15) is 54.9 Å². The van der Waals surface area contributed by atoms with Gasteiger partial charge >= 0.3 is 5.97 Å². The Morgan fingerprint density at radius 1 is 1.24 bits per heavy atom. The molecule has 34 heavy (non-hydrogen) atoms. The van der Waals surface area contributed by atoms with Gasteiger partial charge in [-0.15, -0.1) is 0 Å². The Labute approximate surface area is 198 Å². The van der Waals surface area contributed by atoms with E-state index in [4.69, 9.17) is 9.47 Å². The fourth-order valence-corrected chi connectivity index (χ4v) is 4.31. The van der Waals surface area contributed by atoms with E-state index in [1.807, 2.05) is 12.4 Å². The van der Waals surface area contributed by atoms with Gasteiger partial charge in [-0.2, -0.15) is 0 Å². The predicted octanol–water partition coefficient (Wildman–Crippen LogP) is 3.30. The van der Waals surface area contributed by atoms with Crippen LogP contribution in [-0.2, 0) is 16.0 Å². The van der Waals surface area contributed by atoms with Gasteiger partial charge in [-0.3, -0.25) is 4.79 Å². The minimum atomic E-state index is -0.719. The Bertz CT molecular complexity index is 993. The number of nitrogens with zero attached hydrogens (tertiary/aromatic N) is 3. The lowest BCUT2D eigenvalue weighted by Crippen LogP contribution is -2.38. The Morgan fingerprint density at radius 3 is 2.65 bits per heavy atom. The first-order chi connectivity index (χ1) is 16.5. The molecule has 2 fully saturated rings. The molecule has 0 aliphatic carbocycles. The summed E-state index contributed by atoms with van der Waals surface area (Å²) in [7, 11) is 0. The molecule has 182 valence electrons. The molecular formula is C25H31FN4O4. The topological polar surface area (TPSA) is 93.7 Å². The third-order valence-electron chi connectivity index (χ3n) is 6.45. The molecular weight excluding hydrogens is 439 g/mol. The van der Waals surface area contributed by atoms with Crippen molar-refractivity contribution >= 4 is 17.8 Å². The molecule has 1 unspecified atom stereocenters. The fourth-order valence-electron chi connectivity index (χ4n) is 4.31. The van der Waals surface area contributed by atoms with E-state index in [1.165, 1.54) is 12.1 Å². The molecule has 2 aliphatic rings. The monoisotopic (exact) mass is 470 g/mol. The number of amides is 1. The number of esters is 1. The van der Waals surface area contributed by atoms with Gasteiger partial charge in [-0.1, -0.05) is 6.92 Å². The summed E-state index contributed by atoms with van der Waals surface area (Å²) in [4.78, 5) is 34.9. The standard InChI is InChI=1S/C25H31FN4O4/c1-2-17-15-27-25(28-16-17)30-10-7-18(8-11-30)4-3-12-33-19-5-6-20(21(26)14-19)23(31)29-22-9-13-34-24(22)32/h5-6,14-16,18,22H,2-4,7-13H2,1H3,(H,29,31). The highest BCUT2D eigenvalue weighted by atomic mass is 19.1. The zero-order chi connectivity index (χ0) is 23.9. The van der Waals surface area contributed by atoms with Crippen LogP contribution in [0.2, 0.25) is 0 Å². The first kappa shape index (κ1) is 23.9. The Morgan fingerprint density at radius 2 is 2.00 bits per heavy atom. The summed E-state index contributed by atoms with van der Waals surface area (Å²) in [6, 6.07) is 3.45. The van der Waals surface area contributed by atoms with E-state index >= 15 is 0 Å². The Hall–Kier alpha value is -3.23. The van der Waals surface area contributed by atoms with E-state index in [9.17, 15) is 14.0 Å². The highest BCUT2D eigenvalue weighted by Crippen LogP contribution is 2.25. The van der Waals surface area contributed by atoms with Crippen molar-refractivity contribution in [1.29, 1.82) is 0 Å². The van der Waals surface area contributed by atoms with E-state index in [0.29, 0.717) is 24.7 Å². The SMILES string of the molecule is CCc1cnc(N2CCC(CCCOc3ccc(C(=O)NC4CCOC4=O)c(F)c3)CC2)nc1. The third-order valence-corrected chi connectivity index (χ3v) is 6.45. The van der Waals surface area contributed by atoms with Crippen molar-refractivity contribution in [3.8, 4) is 5.75 Å². The summed E-state index contributed by atoms with van der Waals surface area (Å²) in [6.07, 6.45) is 9.24. The summed E-state index contributed by atoms with van der Waals surface area (Å²) in [6.45, 7) is 4.74. The maximum Gasteiger partial charge on any atom is 0.328 e. The number of hydrogen-bond donors (Lipinski definition) is 1. The van der Waals surface area contributed by atoms with Crippen LogP contribution in [0, 0.1) is 11.7 Å². The number of ether oxygens (including phenoxy) is 2.